The molecule has 0 saturated carbocycles. The smallest absolute Gasteiger partial charge is 0.0642 e. The largest absolute Gasteiger partial charge is 0.392 e. The second-order valence-corrected chi connectivity index (χ2v) is 6.10. The number of aliphatic hydroxyl groups excluding tert-OH is 1. The average molecular weight is 235 g/mol. The topological polar surface area (TPSA) is 32.3 Å². The van der Waals surface area contributed by atoms with Crippen molar-refractivity contribution >= 4 is 0 Å². The minimum atomic E-state index is 0.213. The van der Waals surface area contributed by atoms with Gasteiger partial charge in [0.15, 0.2) is 0 Å². The van der Waals surface area contributed by atoms with Crippen molar-refractivity contribution in [2.75, 3.05) is 13.2 Å². The van der Waals surface area contributed by atoms with E-state index in [-0.39, 0.29) is 6.61 Å². The van der Waals surface area contributed by atoms with Crippen LogP contribution in [-0.4, -0.2) is 24.3 Å². The van der Waals surface area contributed by atoms with Gasteiger partial charge in [0.2, 0.25) is 0 Å². The van der Waals surface area contributed by atoms with Crippen LogP contribution in [0, 0.1) is 5.41 Å². The number of hydrogen-bond acceptors (Lipinski definition) is 2. The van der Waals surface area contributed by atoms with Crippen molar-refractivity contribution in [1.29, 1.82) is 0 Å². The van der Waals surface area contributed by atoms with E-state index in [4.69, 9.17) is 0 Å². The van der Waals surface area contributed by atoms with Gasteiger partial charge in [0.05, 0.1) is 6.61 Å². The molecule has 0 radical (unpaired) electrons. The number of nitrogens with one attached hydrogen (secondary N) is 1. The fourth-order valence-corrected chi connectivity index (χ4v) is 3.41. The molecule has 2 N–H and O–H groups in total. The van der Waals surface area contributed by atoms with Gasteiger partial charge in [0.25, 0.3) is 0 Å². The molecule has 2 rings (SSSR count). The summed E-state index contributed by atoms with van der Waals surface area (Å²) in [5, 5.41) is 12.9. The van der Waals surface area contributed by atoms with Crippen LogP contribution in [0.5, 0.6) is 0 Å². The maximum absolute atomic E-state index is 9.29. The molecule has 1 atom stereocenters. The Morgan fingerprint density at radius 1 is 1.41 bits per heavy atom. The zero-order chi connectivity index (χ0) is 12.5. The minimum absolute atomic E-state index is 0.213. The summed E-state index contributed by atoms with van der Waals surface area (Å²) in [5.41, 5.74) is 4.60. The van der Waals surface area contributed by atoms with E-state index in [0.717, 1.165) is 13.0 Å². The summed E-state index contributed by atoms with van der Waals surface area (Å²) in [7, 11) is 0. The van der Waals surface area contributed by atoms with E-state index in [0.29, 0.717) is 11.5 Å². The Hall–Kier alpha value is -0.600. The molecule has 0 fully saturated rings. The van der Waals surface area contributed by atoms with Crippen molar-refractivity contribution in [2.24, 2.45) is 5.41 Å². The summed E-state index contributed by atoms with van der Waals surface area (Å²) < 4.78 is 0. The molecule has 0 saturated heterocycles. The molecule has 0 aromatic rings. The maximum atomic E-state index is 9.29. The van der Waals surface area contributed by atoms with Gasteiger partial charge in [-0.05, 0) is 55.7 Å². The molecule has 0 unspecified atom stereocenters. The molecule has 17 heavy (non-hydrogen) atoms. The van der Waals surface area contributed by atoms with Crippen LogP contribution in [0.25, 0.3) is 0 Å². The number of rotatable bonds is 2. The Labute approximate surface area is 105 Å². The van der Waals surface area contributed by atoms with Crippen LogP contribution in [0.1, 0.15) is 46.5 Å². The summed E-state index contributed by atoms with van der Waals surface area (Å²) in [6.45, 7) is 8.19. The van der Waals surface area contributed by atoms with Gasteiger partial charge in [-0.25, -0.2) is 0 Å². The summed E-state index contributed by atoms with van der Waals surface area (Å²) in [6, 6.07) is 0.348. The van der Waals surface area contributed by atoms with Crippen LogP contribution >= 0.6 is 0 Å². The van der Waals surface area contributed by atoms with E-state index in [1.54, 1.807) is 11.1 Å². The fraction of sp³-hybridized carbons (Fsp3) is 0.733. The number of hydrogen-bond donors (Lipinski definition) is 2. The monoisotopic (exact) mass is 235 g/mol. The Bertz CT molecular complexity index is 352. The van der Waals surface area contributed by atoms with Gasteiger partial charge in [-0.1, -0.05) is 25.5 Å². The Balaban J connectivity index is 2.31. The van der Waals surface area contributed by atoms with Gasteiger partial charge in [0, 0.05) is 6.04 Å². The Kier molecular flexibility index (Phi) is 3.74. The summed E-state index contributed by atoms with van der Waals surface area (Å²) in [5.74, 6) is 0. The van der Waals surface area contributed by atoms with Crippen LogP contribution in [0.15, 0.2) is 22.8 Å². The molecular formula is C15H25NO. The zero-order valence-electron chi connectivity index (χ0n) is 11.3. The van der Waals surface area contributed by atoms with Crippen molar-refractivity contribution in [3.05, 3.63) is 22.8 Å². The fourth-order valence-electron chi connectivity index (χ4n) is 3.41. The SMILES string of the molecule is CC1=C([C@H]2C=C(CO)CCN2)C(C)(C)CCC1. The second-order valence-electron chi connectivity index (χ2n) is 6.10. The molecule has 1 aliphatic heterocycles. The van der Waals surface area contributed by atoms with Gasteiger partial charge in [-0.15, -0.1) is 0 Å². The molecule has 1 aliphatic carbocycles. The number of aliphatic hydroxyl groups is 1. The standard InChI is InChI=1S/C15H25NO/c1-11-5-4-7-15(2,3)14(11)13-9-12(10-17)6-8-16-13/h9,13,16-17H,4-8,10H2,1-3H3/t13-/m1/s1. The van der Waals surface area contributed by atoms with Crippen LogP contribution < -0.4 is 5.32 Å². The predicted octanol–water partition coefficient (Wildman–Crippen LogP) is 2.79. The third-order valence-corrected chi connectivity index (χ3v) is 4.27. The molecule has 0 spiro atoms. The van der Waals surface area contributed by atoms with E-state index in [1.807, 2.05) is 0 Å². The van der Waals surface area contributed by atoms with E-state index in [9.17, 15) is 5.11 Å². The lowest BCUT2D eigenvalue weighted by molar-refractivity contribution is 0.313. The molecule has 0 amide bonds. The van der Waals surface area contributed by atoms with E-state index in [2.05, 4.69) is 32.2 Å². The highest BCUT2D eigenvalue weighted by atomic mass is 16.3. The summed E-state index contributed by atoms with van der Waals surface area (Å²) >= 11 is 0. The van der Waals surface area contributed by atoms with Gasteiger partial charge in [-0.2, -0.15) is 0 Å². The maximum Gasteiger partial charge on any atom is 0.0642 e. The van der Waals surface area contributed by atoms with E-state index >= 15 is 0 Å². The third-order valence-electron chi connectivity index (χ3n) is 4.27. The molecule has 0 bridgehead atoms. The van der Waals surface area contributed by atoms with Gasteiger partial charge in [0.1, 0.15) is 0 Å². The first-order valence-electron chi connectivity index (χ1n) is 6.78. The van der Waals surface area contributed by atoms with Crippen molar-refractivity contribution in [3.63, 3.8) is 0 Å². The zero-order valence-corrected chi connectivity index (χ0v) is 11.3. The highest BCUT2D eigenvalue weighted by Gasteiger charge is 2.33. The normalized spacial score (nSPS) is 29.2. The number of allylic oxidation sites excluding steroid dienone is 1. The first kappa shape index (κ1) is 12.8. The molecule has 2 nitrogen and oxygen atoms in total. The third kappa shape index (κ3) is 2.63. The van der Waals surface area contributed by atoms with E-state index < -0.39 is 0 Å². The predicted molar refractivity (Wildman–Crippen MR) is 71.9 cm³/mol. The van der Waals surface area contributed by atoms with Crippen LogP contribution in [0.2, 0.25) is 0 Å². The Morgan fingerprint density at radius 2 is 2.18 bits per heavy atom. The van der Waals surface area contributed by atoms with Crippen LogP contribution in [0.4, 0.5) is 0 Å². The highest BCUT2D eigenvalue weighted by molar-refractivity contribution is 5.34. The van der Waals surface area contributed by atoms with Crippen molar-refractivity contribution in [1.82, 2.24) is 5.32 Å². The molecule has 1 heterocycles. The first-order valence-corrected chi connectivity index (χ1v) is 6.78. The molecule has 2 heteroatoms. The lowest BCUT2D eigenvalue weighted by Crippen LogP contribution is -2.40. The summed E-state index contributed by atoms with van der Waals surface area (Å²) in [4.78, 5) is 0. The van der Waals surface area contributed by atoms with Gasteiger partial charge in [-0.3, -0.25) is 0 Å². The molecule has 0 aromatic carbocycles. The molecule has 2 aliphatic rings. The molecule has 0 aromatic heterocycles. The van der Waals surface area contributed by atoms with E-state index in [1.165, 1.54) is 24.8 Å². The molecule has 96 valence electrons. The Morgan fingerprint density at radius 3 is 2.82 bits per heavy atom. The first-order chi connectivity index (χ1) is 8.04. The quantitative estimate of drug-likeness (QED) is 0.721. The average Bonchev–Trinajstić information content (AvgIpc) is 2.28. The minimum Gasteiger partial charge on any atom is -0.392 e. The second kappa shape index (κ2) is 4.95. The van der Waals surface area contributed by atoms with Crippen LogP contribution in [-0.2, 0) is 0 Å². The van der Waals surface area contributed by atoms with Gasteiger partial charge < -0.3 is 10.4 Å². The highest BCUT2D eigenvalue weighted by Crippen LogP contribution is 2.42. The van der Waals surface area contributed by atoms with Crippen molar-refractivity contribution in [3.8, 4) is 0 Å². The van der Waals surface area contributed by atoms with Crippen molar-refractivity contribution < 1.29 is 5.11 Å². The van der Waals surface area contributed by atoms with Crippen LogP contribution in [0.3, 0.4) is 0 Å². The van der Waals surface area contributed by atoms with Gasteiger partial charge >= 0.3 is 0 Å². The van der Waals surface area contributed by atoms with Crippen molar-refractivity contribution in [2.45, 2.75) is 52.5 Å². The lowest BCUT2D eigenvalue weighted by Gasteiger charge is -2.40. The molecular weight excluding hydrogens is 210 g/mol. The lowest BCUT2D eigenvalue weighted by atomic mass is 9.69. The summed E-state index contributed by atoms with van der Waals surface area (Å²) in [6.07, 6.45) is 7.06.